The highest BCUT2D eigenvalue weighted by Crippen LogP contribution is 2.21. The van der Waals surface area contributed by atoms with Crippen LogP contribution < -0.4 is 5.32 Å². The Bertz CT molecular complexity index is 755. The number of aromatic nitrogens is 1. The van der Waals surface area contributed by atoms with Crippen molar-refractivity contribution in [2.45, 2.75) is 25.9 Å². The number of alkyl halides is 3. The Morgan fingerprint density at radius 2 is 2.12 bits per heavy atom. The first-order valence-corrected chi connectivity index (χ1v) is 8.14. The van der Waals surface area contributed by atoms with E-state index in [4.69, 9.17) is 4.42 Å². The second-order valence-electron chi connectivity index (χ2n) is 5.35. The molecule has 0 aliphatic heterocycles. The van der Waals surface area contributed by atoms with Gasteiger partial charge in [0.1, 0.15) is 5.76 Å². The number of nitrogens with one attached hydrogen (secondary N) is 1. The van der Waals surface area contributed by atoms with Crippen molar-refractivity contribution in [3.63, 3.8) is 0 Å². The molecule has 0 saturated carbocycles. The first-order chi connectivity index (χ1) is 11.7. The van der Waals surface area contributed by atoms with Crippen molar-refractivity contribution in [2.24, 2.45) is 0 Å². The number of anilines is 1. The summed E-state index contributed by atoms with van der Waals surface area (Å²) in [5.74, 6) is -0.394. The van der Waals surface area contributed by atoms with Gasteiger partial charge < -0.3 is 9.32 Å². The topological polar surface area (TPSA) is 75.4 Å². The van der Waals surface area contributed by atoms with Gasteiger partial charge in [-0.25, -0.2) is 4.98 Å². The van der Waals surface area contributed by atoms with E-state index in [1.54, 1.807) is 12.3 Å². The average molecular weight is 375 g/mol. The molecule has 0 aromatic carbocycles. The van der Waals surface area contributed by atoms with E-state index in [1.807, 2.05) is 0 Å². The molecule has 10 heteroatoms. The summed E-state index contributed by atoms with van der Waals surface area (Å²) in [7, 11) is 1.31. The summed E-state index contributed by atoms with van der Waals surface area (Å²) >= 11 is 1.13. The van der Waals surface area contributed by atoms with E-state index in [0.717, 1.165) is 16.2 Å². The van der Waals surface area contributed by atoms with Crippen LogP contribution in [0.2, 0.25) is 0 Å². The van der Waals surface area contributed by atoms with Crippen LogP contribution in [-0.2, 0) is 11.2 Å². The number of carbonyl (C=O) groups is 2. The Hall–Kier alpha value is -2.36. The van der Waals surface area contributed by atoms with Gasteiger partial charge in [0.15, 0.2) is 5.13 Å². The Balaban J connectivity index is 1.89. The summed E-state index contributed by atoms with van der Waals surface area (Å²) in [5, 5.41) is 4.46. The van der Waals surface area contributed by atoms with Crippen LogP contribution in [0.3, 0.4) is 0 Å². The van der Waals surface area contributed by atoms with Crippen molar-refractivity contribution >= 4 is 28.3 Å². The van der Waals surface area contributed by atoms with Crippen LogP contribution in [0.5, 0.6) is 0 Å². The molecule has 0 spiro atoms. The smallest absolute Gasteiger partial charge is 0.390 e. The fourth-order valence-corrected chi connectivity index (χ4v) is 2.64. The summed E-state index contributed by atoms with van der Waals surface area (Å²) in [5.41, 5.74) is 0.757. The lowest BCUT2D eigenvalue weighted by atomic mass is 10.2. The highest BCUT2D eigenvalue weighted by atomic mass is 32.1. The number of rotatable bonds is 6. The van der Waals surface area contributed by atoms with E-state index in [1.165, 1.54) is 19.4 Å². The molecule has 0 unspecified atom stereocenters. The minimum Gasteiger partial charge on any atom is -0.469 e. The summed E-state index contributed by atoms with van der Waals surface area (Å²) in [6.45, 7) is 1.24. The minimum atomic E-state index is -4.31. The predicted octanol–water partition coefficient (Wildman–Crippen LogP) is 3.25. The molecule has 2 aromatic rings. The summed E-state index contributed by atoms with van der Waals surface area (Å²) in [6.07, 6.45) is -4.10. The summed E-state index contributed by atoms with van der Waals surface area (Å²) < 4.78 is 41.6. The van der Waals surface area contributed by atoms with E-state index in [-0.39, 0.29) is 12.3 Å². The van der Waals surface area contributed by atoms with Crippen LogP contribution in [-0.4, -0.2) is 41.5 Å². The first-order valence-electron chi connectivity index (χ1n) is 7.26. The zero-order chi connectivity index (χ0) is 18.6. The number of halogens is 3. The van der Waals surface area contributed by atoms with Crippen molar-refractivity contribution in [3.05, 3.63) is 34.7 Å². The number of furan rings is 1. The van der Waals surface area contributed by atoms with Crippen LogP contribution in [0.1, 0.15) is 28.2 Å². The maximum absolute atomic E-state index is 12.2. The Kier molecular flexibility index (Phi) is 5.83. The van der Waals surface area contributed by atoms with E-state index in [2.05, 4.69) is 10.3 Å². The lowest BCUT2D eigenvalue weighted by Crippen LogP contribution is -2.31. The third-order valence-corrected chi connectivity index (χ3v) is 4.17. The number of amides is 2. The van der Waals surface area contributed by atoms with Gasteiger partial charge in [0.2, 0.25) is 5.91 Å². The van der Waals surface area contributed by atoms with Gasteiger partial charge in [-0.15, -0.1) is 11.3 Å². The fraction of sp³-hybridized carbons (Fsp3) is 0.400. The molecule has 0 fully saturated rings. The Labute approximate surface area is 145 Å². The average Bonchev–Trinajstić information content (AvgIpc) is 3.12. The molecule has 2 heterocycles. The largest absolute Gasteiger partial charge is 0.469 e. The van der Waals surface area contributed by atoms with E-state index < -0.39 is 25.0 Å². The molecule has 0 aliphatic carbocycles. The summed E-state index contributed by atoms with van der Waals surface area (Å²) in [6, 6.07) is 1.53. The van der Waals surface area contributed by atoms with Crippen LogP contribution in [0.25, 0.3) is 0 Å². The van der Waals surface area contributed by atoms with E-state index in [0.29, 0.717) is 22.1 Å². The Morgan fingerprint density at radius 3 is 2.72 bits per heavy atom. The van der Waals surface area contributed by atoms with Gasteiger partial charge in [-0.2, -0.15) is 13.2 Å². The molecule has 0 radical (unpaired) electrons. The van der Waals surface area contributed by atoms with E-state index in [9.17, 15) is 22.8 Å². The first kappa shape index (κ1) is 19.0. The van der Waals surface area contributed by atoms with Crippen molar-refractivity contribution in [1.82, 2.24) is 9.88 Å². The second-order valence-corrected chi connectivity index (χ2v) is 6.20. The standard InChI is InChI=1S/C15H16F3N3O3S/c1-9-11(3-6-24-9)13(23)20-14-19-10(8-25-14)7-12(22)21(2)5-4-15(16,17)18/h3,6,8H,4-5,7H2,1-2H3,(H,19,20,23). The lowest BCUT2D eigenvalue weighted by molar-refractivity contribution is -0.143. The lowest BCUT2D eigenvalue weighted by Gasteiger charge is -2.17. The molecule has 2 rings (SSSR count). The zero-order valence-corrected chi connectivity index (χ0v) is 14.3. The van der Waals surface area contributed by atoms with Crippen LogP contribution in [0.4, 0.5) is 18.3 Å². The summed E-state index contributed by atoms with van der Waals surface area (Å²) in [4.78, 5) is 29.1. The van der Waals surface area contributed by atoms with Crippen molar-refractivity contribution in [3.8, 4) is 0 Å². The number of thiazole rings is 1. The molecule has 25 heavy (non-hydrogen) atoms. The van der Waals surface area contributed by atoms with Crippen LogP contribution in [0.15, 0.2) is 22.1 Å². The molecule has 0 bridgehead atoms. The quantitative estimate of drug-likeness (QED) is 0.841. The second kappa shape index (κ2) is 7.68. The van der Waals surface area contributed by atoms with Gasteiger partial charge in [-0.1, -0.05) is 0 Å². The molecule has 1 N–H and O–H groups in total. The number of aryl methyl sites for hydroxylation is 1. The molecular weight excluding hydrogens is 359 g/mol. The highest BCUT2D eigenvalue weighted by Gasteiger charge is 2.28. The molecule has 2 amide bonds. The number of nitrogens with zero attached hydrogens (tertiary/aromatic N) is 2. The molecule has 0 atom stereocenters. The van der Waals surface area contributed by atoms with Gasteiger partial charge in [0.05, 0.1) is 30.4 Å². The minimum absolute atomic E-state index is 0.133. The van der Waals surface area contributed by atoms with Gasteiger partial charge in [0.25, 0.3) is 5.91 Å². The van der Waals surface area contributed by atoms with Gasteiger partial charge >= 0.3 is 6.18 Å². The molecule has 2 aromatic heterocycles. The van der Waals surface area contributed by atoms with Crippen molar-refractivity contribution in [2.75, 3.05) is 18.9 Å². The predicted molar refractivity (Wildman–Crippen MR) is 85.5 cm³/mol. The fourth-order valence-electron chi connectivity index (χ4n) is 1.94. The number of likely N-dealkylation sites (N-methyl/N-ethyl adjacent to an activating group) is 1. The van der Waals surface area contributed by atoms with Crippen LogP contribution >= 0.6 is 11.3 Å². The zero-order valence-electron chi connectivity index (χ0n) is 13.5. The number of hydrogen-bond acceptors (Lipinski definition) is 5. The van der Waals surface area contributed by atoms with Crippen LogP contribution in [0, 0.1) is 6.92 Å². The van der Waals surface area contributed by atoms with Gasteiger partial charge in [0, 0.05) is 19.0 Å². The monoisotopic (exact) mass is 375 g/mol. The third-order valence-electron chi connectivity index (χ3n) is 3.36. The molecule has 136 valence electrons. The number of hydrogen-bond donors (Lipinski definition) is 1. The molecule has 6 nitrogen and oxygen atoms in total. The normalized spacial score (nSPS) is 11.4. The Morgan fingerprint density at radius 1 is 1.40 bits per heavy atom. The van der Waals surface area contributed by atoms with Crippen molar-refractivity contribution in [1.29, 1.82) is 0 Å². The molecular formula is C15H16F3N3O3S. The molecule has 0 aliphatic rings. The van der Waals surface area contributed by atoms with E-state index >= 15 is 0 Å². The SMILES string of the molecule is Cc1occc1C(=O)Nc1nc(CC(=O)N(C)CCC(F)(F)F)cs1. The third kappa shape index (κ3) is 5.59. The van der Waals surface area contributed by atoms with Crippen molar-refractivity contribution < 1.29 is 27.2 Å². The number of carbonyl (C=O) groups excluding carboxylic acids is 2. The maximum Gasteiger partial charge on any atom is 0.390 e. The maximum atomic E-state index is 12.2. The van der Waals surface area contributed by atoms with Gasteiger partial charge in [-0.3, -0.25) is 14.9 Å². The highest BCUT2D eigenvalue weighted by molar-refractivity contribution is 7.14. The molecule has 0 saturated heterocycles. The van der Waals surface area contributed by atoms with Gasteiger partial charge in [-0.05, 0) is 13.0 Å².